The number of amides is 2. The zero-order valence-corrected chi connectivity index (χ0v) is 15.3. The third-order valence-corrected chi connectivity index (χ3v) is 4.73. The number of nitrogens with one attached hydrogen (secondary N) is 1. The highest BCUT2D eigenvalue weighted by molar-refractivity contribution is 6.30. The van der Waals surface area contributed by atoms with Crippen molar-refractivity contribution >= 4 is 23.4 Å². The molecule has 0 spiro atoms. The normalized spacial score (nSPS) is 16.9. The molecule has 6 heteroatoms. The van der Waals surface area contributed by atoms with Crippen LogP contribution in [0.25, 0.3) is 0 Å². The molecule has 1 heterocycles. The van der Waals surface area contributed by atoms with E-state index in [0.717, 1.165) is 16.9 Å². The van der Waals surface area contributed by atoms with Crippen molar-refractivity contribution in [2.75, 3.05) is 20.2 Å². The number of benzene rings is 2. The van der Waals surface area contributed by atoms with Gasteiger partial charge in [-0.2, -0.15) is 0 Å². The molecule has 136 valence electrons. The van der Waals surface area contributed by atoms with Crippen molar-refractivity contribution < 1.29 is 14.3 Å². The Morgan fingerprint density at radius 1 is 1.27 bits per heavy atom. The van der Waals surface area contributed by atoms with E-state index in [1.54, 1.807) is 36.3 Å². The van der Waals surface area contributed by atoms with Crippen molar-refractivity contribution in [3.63, 3.8) is 0 Å². The Morgan fingerprint density at radius 3 is 2.77 bits per heavy atom. The van der Waals surface area contributed by atoms with E-state index in [2.05, 4.69) is 5.32 Å². The highest BCUT2D eigenvalue weighted by Crippen LogP contribution is 2.26. The van der Waals surface area contributed by atoms with Gasteiger partial charge in [0.25, 0.3) is 0 Å². The van der Waals surface area contributed by atoms with E-state index in [9.17, 15) is 9.59 Å². The summed E-state index contributed by atoms with van der Waals surface area (Å²) in [7, 11) is 1.62. The fraction of sp³-hybridized carbons (Fsp3) is 0.300. The van der Waals surface area contributed by atoms with E-state index in [1.165, 1.54) is 0 Å². The van der Waals surface area contributed by atoms with E-state index in [4.69, 9.17) is 16.3 Å². The Kier molecular flexibility index (Phi) is 5.78. The SMILES string of the molecule is COc1cccc(CCC(=O)N2CCNC(=O)C2c2ccc(Cl)cc2)c1. The Labute approximate surface area is 157 Å². The molecule has 2 aromatic rings. The van der Waals surface area contributed by atoms with Crippen molar-refractivity contribution in [3.8, 4) is 5.75 Å². The summed E-state index contributed by atoms with van der Waals surface area (Å²) >= 11 is 5.94. The van der Waals surface area contributed by atoms with Crippen LogP contribution in [0.1, 0.15) is 23.6 Å². The topological polar surface area (TPSA) is 58.6 Å². The van der Waals surface area contributed by atoms with Gasteiger partial charge in [0.05, 0.1) is 7.11 Å². The number of nitrogens with zero attached hydrogens (tertiary/aromatic N) is 1. The van der Waals surface area contributed by atoms with Gasteiger partial charge < -0.3 is 15.0 Å². The molecule has 1 N–H and O–H groups in total. The monoisotopic (exact) mass is 372 g/mol. The van der Waals surface area contributed by atoms with Crippen LogP contribution in [0.4, 0.5) is 0 Å². The largest absolute Gasteiger partial charge is 0.497 e. The van der Waals surface area contributed by atoms with Crippen LogP contribution < -0.4 is 10.1 Å². The zero-order valence-electron chi connectivity index (χ0n) is 14.6. The number of hydrogen-bond acceptors (Lipinski definition) is 3. The summed E-state index contributed by atoms with van der Waals surface area (Å²) in [5, 5.41) is 3.43. The fourth-order valence-electron chi connectivity index (χ4n) is 3.13. The number of methoxy groups -OCH3 is 1. The van der Waals surface area contributed by atoms with Crippen LogP contribution in [0.3, 0.4) is 0 Å². The molecule has 1 aliphatic heterocycles. The average molecular weight is 373 g/mol. The van der Waals surface area contributed by atoms with E-state index >= 15 is 0 Å². The van der Waals surface area contributed by atoms with Crippen LogP contribution in [0.2, 0.25) is 5.02 Å². The van der Waals surface area contributed by atoms with Gasteiger partial charge in [-0.15, -0.1) is 0 Å². The fourth-order valence-corrected chi connectivity index (χ4v) is 3.26. The van der Waals surface area contributed by atoms with Crippen molar-refractivity contribution in [1.82, 2.24) is 10.2 Å². The number of piperazine rings is 1. The summed E-state index contributed by atoms with van der Waals surface area (Å²) in [5.74, 6) is 0.572. The number of ether oxygens (including phenoxy) is 1. The minimum Gasteiger partial charge on any atom is -0.497 e. The predicted molar refractivity (Wildman–Crippen MR) is 100 cm³/mol. The number of hydrogen-bond donors (Lipinski definition) is 1. The van der Waals surface area contributed by atoms with E-state index < -0.39 is 6.04 Å². The Bertz CT molecular complexity index is 792. The molecule has 1 atom stereocenters. The average Bonchev–Trinajstić information content (AvgIpc) is 2.67. The smallest absolute Gasteiger partial charge is 0.247 e. The molecule has 3 rings (SSSR count). The van der Waals surface area contributed by atoms with Crippen molar-refractivity contribution in [2.45, 2.75) is 18.9 Å². The number of halogens is 1. The van der Waals surface area contributed by atoms with Crippen LogP contribution >= 0.6 is 11.6 Å². The molecular weight excluding hydrogens is 352 g/mol. The second kappa shape index (κ2) is 8.23. The third kappa shape index (κ3) is 4.17. The maximum absolute atomic E-state index is 12.8. The van der Waals surface area contributed by atoms with Gasteiger partial charge in [0.15, 0.2) is 0 Å². The molecule has 0 aromatic heterocycles. The standard InChI is InChI=1S/C20H21ClN2O3/c1-26-17-4-2-3-14(13-17)5-10-18(24)23-12-11-22-20(25)19(23)15-6-8-16(21)9-7-15/h2-4,6-9,13,19H,5,10-12H2,1H3,(H,22,25). The van der Waals surface area contributed by atoms with Crippen molar-refractivity contribution in [2.24, 2.45) is 0 Å². The minimum absolute atomic E-state index is 0.0392. The van der Waals surface area contributed by atoms with Gasteiger partial charge >= 0.3 is 0 Å². The molecule has 0 bridgehead atoms. The second-order valence-electron chi connectivity index (χ2n) is 6.18. The lowest BCUT2D eigenvalue weighted by atomic mass is 10.0. The molecule has 5 nitrogen and oxygen atoms in total. The summed E-state index contributed by atoms with van der Waals surface area (Å²) in [5.41, 5.74) is 1.79. The van der Waals surface area contributed by atoms with Crippen LogP contribution in [-0.2, 0) is 16.0 Å². The van der Waals surface area contributed by atoms with Gasteiger partial charge in [0.1, 0.15) is 11.8 Å². The van der Waals surface area contributed by atoms with E-state index in [-0.39, 0.29) is 11.8 Å². The quantitative estimate of drug-likeness (QED) is 0.877. The van der Waals surface area contributed by atoms with Gasteiger partial charge in [-0.1, -0.05) is 35.9 Å². The summed E-state index contributed by atoms with van der Waals surface area (Å²) in [6, 6.07) is 14.1. The van der Waals surface area contributed by atoms with Gasteiger partial charge in [-0.05, 0) is 41.8 Å². The number of carbonyl (C=O) groups is 2. The van der Waals surface area contributed by atoms with Crippen LogP contribution in [0, 0.1) is 0 Å². The first kappa shape index (κ1) is 18.3. The lowest BCUT2D eigenvalue weighted by molar-refractivity contribution is -0.143. The van der Waals surface area contributed by atoms with Crippen LogP contribution in [0.15, 0.2) is 48.5 Å². The molecule has 1 aliphatic rings. The van der Waals surface area contributed by atoms with Gasteiger partial charge in [0, 0.05) is 24.5 Å². The Morgan fingerprint density at radius 2 is 2.04 bits per heavy atom. The summed E-state index contributed by atoms with van der Waals surface area (Å²) in [6.45, 7) is 0.962. The minimum atomic E-state index is -0.612. The number of aryl methyl sites for hydroxylation is 1. The Hall–Kier alpha value is -2.53. The predicted octanol–water partition coefficient (Wildman–Crippen LogP) is 2.98. The maximum Gasteiger partial charge on any atom is 0.247 e. The van der Waals surface area contributed by atoms with E-state index in [1.807, 2.05) is 24.3 Å². The summed E-state index contributed by atoms with van der Waals surface area (Å²) < 4.78 is 5.22. The number of rotatable bonds is 5. The summed E-state index contributed by atoms with van der Waals surface area (Å²) in [6.07, 6.45) is 0.937. The highest BCUT2D eigenvalue weighted by Gasteiger charge is 2.33. The first-order chi connectivity index (χ1) is 12.6. The highest BCUT2D eigenvalue weighted by atomic mass is 35.5. The van der Waals surface area contributed by atoms with Gasteiger partial charge in [-0.3, -0.25) is 9.59 Å². The molecule has 0 radical (unpaired) electrons. The molecular formula is C20H21ClN2O3. The first-order valence-corrected chi connectivity index (χ1v) is 8.92. The first-order valence-electron chi connectivity index (χ1n) is 8.54. The molecule has 0 saturated carbocycles. The molecule has 1 saturated heterocycles. The Balaban J connectivity index is 1.73. The molecule has 0 aliphatic carbocycles. The molecule has 1 fully saturated rings. The summed E-state index contributed by atoms with van der Waals surface area (Å²) in [4.78, 5) is 26.9. The second-order valence-corrected chi connectivity index (χ2v) is 6.62. The molecule has 2 amide bonds. The molecule has 26 heavy (non-hydrogen) atoms. The maximum atomic E-state index is 12.8. The van der Waals surface area contributed by atoms with E-state index in [0.29, 0.717) is 31.0 Å². The lowest BCUT2D eigenvalue weighted by Gasteiger charge is -2.35. The third-order valence-electron chi connectivity index (χ3n) is 4.48. The van der Waals surface area contributed by atoms with Crippen molar-refractivity contribution in [3.05, 3.63) is 64.7 Å². The zero-order chi connectivity index (χ0) is 18.5. The molecule has 1 unspecified atom stereocenters. The van der Waals surface area contributed by atoms with Crippen LogP contribution in [0.5, 0.6) is 5.75 Å². The van der Waals surface area contributed by atoms with Gasteiger partial charge in [-0.25, -0.2) is 0 Å². The lowest BCUT2D eigenvalue weighted by Crippen LogP contribution is -2.52. The van der Waals surface area contributed by atoms with Crippen LogP contribution in [-0.4, -0.2) is 36.9 Å². The molecule has 2 aromatic carbocycles. The van der Waals surface area contributed by atoms with Gasteiger partial charge in [0.2, 0.25) is 11.8 Å². The number of carbonyl (C=O) groups excluding carboxylic acids is 2. The van der Waals surface area contributed by atoms with Crippen molar-refractivity contribution in [1.29, 1.82) is 0 Å².